The number of ether oxygens (including phenoxy) is 1. The molecule has 0 radical (unpaired) electrons. The molecule has 0 spiro atoms. The molecule has 1 fully saturated rings. The van der Waals surface area contributed by atoms with Crippen LogP contribution in [0.5, 0.6) is 0 Å². The monoisotopic (exact) mass is 223 g/mol. The highest BCUT2D eigenvalue weighted by molar-refractivity contribution is 5.95. The molecular formula is C11H17N3O2. The number of nitrogens with one attached hydrogen (secondary N) is 1. The van der Waals surface area contributed by atoms with Crippen LogP contribution in [0.2, 0.25) is 0 Å². The predicted octanol–water partition coefficient (Wildman–Crippen LogP) is -0.437. The molecule has 2 aliphatic rings. The summed E-state index contributed by atoms with van der Waals surface area (Å²) in [6.07, 6.45) is 6.70. The molecule has 0 aromatic rings. The fourth-order valence-corrected chi connectivity index (χ4v) is 2.04. The number of carbonyl (C=O) groups excluding carboxylic acids is 1. The summed E-state index contributed by atoms with van der Waals surface area (Å²) in [4.78, 5) is 13.6. The van der Waals surface area contributed by atoms with Gasteiger partial charge in [-0.05, 0) is 6.42 Å². The van der Waals surface area contributed by atoms with Crippen molar-refractivity contribution in [3.63, 3.8) is 0 Å². The number of rotatable bonds is 2. The molecule has 1 aliphatic carbocycles. The Kier molecular flexibility index (Phi) is 3.71. The van der Waals surface area contributed by atoms with Crippen molar-refractivity contribution < 1.29 is 9.53 Å². The van der Waals surface area contributed by atoms with Gasteiger partial charge in [0.05, 0.1) is 13.2 Å². The zero-order valence-electron chi connectivity index (χ0n) is 9.19. The number of hydrogen-bond donors (Lipinski definition) is 2. The Morgan fingerprint density at radius 3 is 2.81 bits per heavy atom. The predicted molar refractivity (Wildman–Crippen MR) is 60.4 cm³/mol. The zero-order chi connectivity index (χ0) is 11.4. The lowest BCUT2D eigenvalue weighted by Crippen LogP contribution is -2.43. The molecule has 1 atom stereocenters. The van der Waals surface area contributed by atoms with Crippen molar-refractivity contribution in [3.8, 4) is 0 Å². The van der Waals surface area contributed by atoms with E-state index in [1.165, 1.54) is 0 Å². The molecule has 0 saturated carbocycles. The molecule has 88 valence electrons. The normalized spacial score (nSPS) is 26.3. The molecule has 1 unspecified atom stereocenters. The number of morpholine rings is 1. The van der Waals surface area contributed by atoms with E-state index in [1.807, 2.05) is 12.2 Å². The highest BCUT2D eigenvalue weighted by Crippen LogP contribution is 2.16. The summed E-state index contributed by atoms with van der Waals surface area (Å²) in [5.74, 6) is 4.85. The van der Waals surface area contributed by atoms with Gasteiger partial charge in [0.25, 0.3) is 5.91 Å². The summed E-state index contributed by atoms with van der Waals surface area (Å²) in [5, 5.41) is 0. The lowest BCUT2D eigenvalue weighted by Gasteiger charge is -2.33. The van der Waals surface area contributed by atoms with Crippen molar-refractivity contribution in [2.24, 2.45) is 5.84 Å². The summed E-state index contributed by atoms with van der Waals surface area (Å²) in [6, 6.07) is 0.387. The summed E-state index contributed by atoms with van der Waals surface area (Å²) in [5.41, 5.74) is 2.78. The van der Waals surface area contributed by atoms with E-state index in [0.717, 1.165) is 32.7 Å². The maximum Gasteiger partial charge on any atom is 0.264 e. The van der Waals surface area contributed by atoms with Crippen LogP contribution >= 0.6 is 0 Å². The second-order valence-corrected chi connectivity index (χ2v) is 3.94. The molecule has 5 heteroatoms. The quantitative estimate of drug-likeness (QED) is 0.378. The van der Waals surface area contributed by atoms with Crippen LogP contribution in [0.3, 0.4) is 0 Å². The maximum absolute atomic E-state index is 11.3. The smallest absolute Gasteiger partial charge is 0.264 e. The molecule has 1 saturated heterocycles. The molecule has 2 rings (SSSR count). The van der Waals surface area contributed by atoms with Gasteiger partial charge in [-0.3, -0.25) is 15.1 Å². The Bertz CT molecular complexity index is 319. The first-order chi connectivity index (χ1) is 7.81. The van der Waals surface area contributed by atoms with Crippen LogP contribution in [0.4, 0.5) is 0 Å². The topological polar surface area (TPSA) is 67.6 Å². The molecule has 0 aromatic heterocycles. The lowest BCUT2D eigenvalue weighted by molar-refractivity contribution is -0.117. The maximum atomic E-state index is 11.3. The Morgan fingerprint density at radius 1 is 1.50 bits per heavy atom. The van der Waals surface area contributed by atoms with Gasteiger partial charge in [-0.2, -0.15) is 0 Å². The minimum absolute atomic E-state index is 0.225. The van der Waals surface area contributed by atoms with Gasteiger partial charge in [0.2, 0.25) is 0 Å². The summed E-state index contributed by atoms with van der Waals surface area (Å²) in [7, 11) is 0. The third kappa shape index (κ3) is 2.49. The SMILES string of the molecule is NNC(=O)C1=CCC(N2CCOCC2)C=C1. The number of carbonyl (C=O) groups is 1. The number of amides is 1. The van der Waals surface area contributed by atoms with Gasteiger partial charge in [-0.15, -0.1) is 0 Å². The van der Waals surface area contributed by atoms with Gasteiger partial charge in [0.15, 0.2) is 0 Å². The molecule has 0 aromatic carbocycles. The van der Waals surface area contributed by atoms with Crippen molar-refractivity contribution in [1.82, 2.24) is 10.3 Å². The van der Waals surface area contributed by atoms with Crippen LogP contribution in [0.15, 0.2) is 23.8 Å². The third-order valence-electron chi connectivity index (χ3n) is 2.99. The standard InChI is InChI=1S/C11H17N3O2/c12-13-11(15)9-1-3-10(4-2-9)14-5-7-16-8-6-14/h1-3,10H,4-8,12H2,(H,13,15). The average Bonchev–Trinajstić information content (AvgIpc) is 2.39. The van der Waals surface area contributed by atoms with Crippen molar-refractivity contribution in [3.05, 3.63) is 23.8 Å². The Labute approximate surface area is 94.9 Å². The Balaban J connectivity index is 1.91. The van der Waals surface area contributed by atoms with Crippen LogP contribution in [0.25, 0.3) is 0 Å². The highest BCUT2D eigenvalue weighted by Gasteiger charge is 2.20. The fraction of sp³-hybridized carbons (Fsp3) is 0.545. The van der Waals surface area contributed by atoms with Gasteiger partial charge in [-0.25, -0.2) is 5.84 Å². The highest BCUT2D eigenvalue weighted by atomic mass is 16.5. The van der Waals surface area contributed by atoms with Gasteiger partial charge in [0, 0.05) is 24.7 Å². The fourth-order valence-electron chi connectivity index (χ4n) is 2.04. The summed E-state index contributed by atoms with van der Waals surface area (Å²) < 4.78 is 5.31. The summed E-state index contributed by atoms with van der Waals surface area (Å²) in [6.45, 7) is 3.51. The van der Waals surface area contributed by atoms with Crippen LogP contribution < -0.4 is 11.3 Å². The van der Waals surface area contributed by atoms with E-state index in [-0.39, 0.29) is 5.91 Å². The number of nitrogens with two attached hydrogens (primary N) is 1. The molecule has 1 heterocycles. The van der Waals surface area contributed by atoms with Crippen LogP contribution in [0.1, 0.15) is 6.42 Å². The Hall–Kier alpha value is -1.17. The van der Waals surface area contributed by atoms with Gasteiger partial charge >= 0.3 is 0 Å². The first-order valence-corrected chi connectivity index (χ1v) is 5.52. The van der Waals surface area contributed by atoms with E-state index in [4.69, 9.17) is 10.6 Å². The molecular weight excluding hydrogens is 206 g/mol. The van der Waals surface area contributed by atoms with E-state index in [0.29, 0.717) is 11.6 Å². The second-order valence-electron chi connectivity index (χ2n) is 3.94. The van der Waals surface area contributed by atoms with Crippen molar-refractivity contribution in [2.45, 2.75) is 12.5 Å². The largest absolute Gasteiger partial charge is 0.379 e. The molecule has 16 heavy (non-hydrogen) atoms. The minimum Gasteiger partial charge on any atom is -0.379 e. The van der Waals surface area contributed by atoms with Crippen molar-refractivity contribution >= 4 is 5.91 Å². The van der Waals surface area contributed by atoms with Crippen molar-refractivity contribution in [2.75, 3.05) is 26.3 Å². The molecule has 5 nitrogen and oxygen atoms in total. The van der Waals surface area contributed by atoms with Crippen molar-refractivity contribution in [1.29, 1.82) is 0 Å². The lowest BCUT2D eigenvalue weighted by atomic mass is 10.0. The minimum atomic E-state index is -0.225. The first-order valence-electron chi connectivity index (χ1n) is 5.52. The van der Waals surface area contributed by atoms with E-state index in [1.54, 1.807) is 0 Å². The van der Waals surface area contributed by atoms with E-state index >= 15 is 0 Å². The number of nitrogens with zero attached hydrogens (tertiary/aromatic N) is 1. The third-order valence-corrected chi connectivity index (χ3v) is 2.99. The van der Waals surface area contributed by atoms with Gasteiger partial charge in [0.1, 0.15) is 0 Å². The molecule has 0 bridgehead atoms. The first kappa shape index (κ1) is 11.3. The van der Waals surface area contributed by atoms with Crippen LogP contribution in [-0.2, 0) is 9.53 Å². The molecule has 1 aliphatic heterocycles. The van der Waals surface area contributed by atoms with Crippen LogP contribution in [0, 0.1) is 0 Å². The average molecular weight is 223 g/mol. The van der Waals surface area contributed by atoms with E-state index in [2.05, 4.69) is 16.4 Å². The Morgan fingerprint density at radius 2 is 2.25 bits per heavy atom. The summed E-state index contributed by atoms with van der Waals surface area (Å²) >= 11 is 0. The van der Waals surface area contributed by atoms with Gasteiger partial charge in [-0.1, -0.05) is 18.2 Å². The molecule has 1 amide bonds. The second kappa shape index (κ2) is 5.25. The van der Waals surface area contributed by atoms with E-state index < -0.39 is 0 Å². The van der Waals surface area contributed by atoms with Gasteiger partial charge < -0.3 is 4.74 Å². The van der Waals surface area contributed by atoms with Crippen LogP contribution in [-0.4, -0.2) is 43.2 Å². The zero-order valence-corrected chi connectivity index (χ0v) is 9.19. The number of hydrogen-bond acceptors (Lipinski definition) is 4. The van der Waals surface area contributed by atoms with E-state index in [9.17, 15) is 4.79 Å². The number of hydrazine groups is 1. The molecule has 3 N–H and O–H groups in total.